The third kappa shape index (κ3) is 3.05. The van der Waals surface area contributed by atoms with Gasteiger partial charge in [0.2, 0.25) is 0 Å². The van der Waals surface area contributed by atoms with Crippen LogP contribution in [0.4, 0.5) is 5.69 Å². The van der Waals surface area contributed by atoms with Gasteiger partial charge in [-0.3, -0.25) is 4.90 Å². The zero-order valence-corrected chi connectivity index (χ0v) is 12.0. The van der Waals surface area contributed by atoms with Gasteiger partial charge in [-0.1, -0.05) is 22.0 Å². The van der Waals surface area contributed by atoms with Crippen molar-refractivity contribution >= 4 is 21.6 Å². The maximum Gasteiger partial charge on any atom is 0.0707 e. The molecule has 2 heterocycles. The van der Waals surface area contributed by atoms with Crippen LogP contribution in [0.15, 0.2) is 28.7 Å². The fourth-order valence-electron chi connectivity index (χ4n) is 2.84. The number of rotatable bonds is 4. The van der Waals surface area contributed by atoms with Gasteiger partial charge >= 0.3 is 0 Å². The molecule has 2 aliphatic heterocycles. The van der Waals surface area contributed by atoms with E-state index in [2.05, 4.69) is 44.3 Å². The molecule has 2 fully saturated rings. The van der Waals surface area contributed by atoms with Crippen LogP contribution in [0, 0.1) is 0 Å². The van der Waals surface area contributed by atoms with Crippen molar-refractivity contribution < 1.29 is 4.74 Å². The molecule has 1 aromatic rings. The van der Waals surface area contributed by atoms with Crippen LogP contribution in [-0.4, -0.2) is 43.3 Å². The Morgan fingerprint density at radius 2 is 2.06 bits per heavy atom. The van der Waals surface area contributed by atoms with Crippen molar-refractivity contribution in [3.63, 3.8) is 0 Å². The summed E-state index contributed by atoms with van der Waals surface area (Å²) in [4.78, 5) is 2.52. The second-order valence-electron chi connectivity index (χ2n) is 5.15. The maximum atomic E-state index is 5.84. The van der Waals surface area contributed by atoms with Crippen molar-refractivity contribution in [2.75, 3.05) is 31.5 Å². The smallest absolute Gasteiger partial charge is 0.0707 e. The normalized spacial score (nSPS) is 27.4. The van der Waals surface area contributed by atoms with E-state index in [9.17, 15) is 0 Å². The summed E-state index contributed by atoms with van der Waals surface area (Å²) in [6.07, 6.45) is 3.49. The minimum atomic E-state index is 0.495. The van der Waals surface area contributed by atoms with E-state index >= 15 is 0 Å². The van der Waals surface area contributed by atoms with Crippen LogP contribution in [-0.2, 0) is 4.74 Å². The van der Waals surface area contributed by atoms with Crippen molar-refractivity contribution in [3.05, 3.63) is 28.7 Å². The molecule has 98 valence electrons. The minimum Gasteiger partial charge on any atom is -0.384 e. The second-order valence-corrected chi connectivity index (χ2v) is 6.07. The molecule has 2 aliphatic rings. The lowest BCUT2D eigenvalue weighted by molar-refractivity contribution is -0.0368. The molecular formula is C14H19BrN2O. The first-order valence-corrected chi connectivity index (χ1v) is 7.46. The molecule has 0 amide bonds. The summed E-state index contributed by atoms with van der Waals surface area (Å²) >= 11 is 3.49. The number of anilines is 1. The van der Waals surface area contributed by atoms with Crippen LogP contribution in [0.25, 0.3) is 0 Å². The van der Waals surface area contributed by atoms with Crippen LogP contribution in [0.2, 0.25) is 0 Å². The lowest BCUT2D eigenvalue weighted by Gasteiger charge is -2.32. The summed E-state index contributed by atoms with van der Waals surface area (Å²) in [6.45, 7) is 4.31. The molecule has 18 heavy (non-hydrogen) atoms. The number of halogens is 1. The van der Waals surface area contributed by atoms with Crippen LogP contribution in [0.5, 0.6) is 0 Å². The molecule has 2 atom stereocenters. The number of hydrogen-bond donors (Lipinski definition) is 1. The molecule has 2 saturated heterocycles. The number of benzene rings is 1. The highest BCUT2D eigenvalue weighted by molar-refractivity contribution is 9.10. The van der Waals surface area contributed by atoms with Gasteiger partial charge < -0.3 is 10.1 Å². The monoisotopic (exact) mass is 310 g/mol. The Bertz CT molecular complexity index is 401. The number of nitrogens with one attached hydrogen (secondary N) is 1. The fraction of sp³-hybridized carbons (Fsp3) is 0.571. The van der Waals surface area contributed by atoms with Crippen LogP contribution in [0.1, 0.15) is 12.8 Å². The SMILES string of the molecule is Brc1cccc(NCCN2CC3CCC(C2)O3)c1. The van der Waals surface area contributed by atoms with E-state index in [0.29, 0.717) is 12.2 Å². The van der Waals surface area contributed by atoms with E-state index < -0.39 is 0 Å². The Kier molecular flexibility index (Phi) is 3.87. The van der Waals surface area contributed by atoms with Gasteiger partial charge in [-0.15, -0.1) is 0 Å². The highest BCUT2D eigenvalue weighted by atomic mass is 79.9. The van der Waals surface area contributed by atoms with Gasteiger partial charge in [0, 0.05) is 36.3 Å². The Balaban J connectivity index is 1.45. The standard InChI is InChI=1S/C14H19BrN2O/c15-11-2-1-3-12(8-11)16-6-7-17-9-13-4-5-14(10-17)18-13/h1-3,8,13-14,16H,4-7,9-10H2. The molecule has 3 rings (SSSR count). The van der Waals surface area contributed by atoms with Crippen LogP contribution in [0.3, 0.4) is 0 Å². The minimum absolute atomic E-state index is 0.495. The first-order chi connectivity index (χ1) is 8.79. The highest BCUT2D eigenvalue weighted by Crippen LogP contribution is 2.25. The fourth-order valence-corrected chi connectivity index (χ4v) is 3.24. The van der Waals surface area contributed by atoms with Crippen molar-refractivity contribution in [1.82, 2.24) is 4.90 Å². The van der Waals surface area contributed by atoms with Gasteiger partial charge in [-0.05, 0) is 31.0 Å². The summed E-state index contributed by atoms with van der Waals surface area (Å²) in [5.41, 5.74) is 1.18. The highest BCUT2D eigenvalue weighted by Gasteiger charge is 2.33. The van der Waals surface area contributed by atoms with Gasteiger partial charge in [0.1, 0.15) is 0 Å². The zero-order valence-electron chi connectivity index (χ0n) is 10.4. The number of likely N-dealkylation sites (tertiary alicyclic amines) is 1. The number of hydrogen-bond acceptors (Lipinski definition) is 3. The third-order valence-corrected chi connectivity index (χ3v) is 4.19. The third-order valence-electron chi connectivity index (χ3n) is 3.70. The van der Waals surface area contributed by atoms with E-state index in [1.807, 2.05) is 6.07 Å². The van der Waals surface area contributed by atoms with E-state index in [1.165, 1.54) is 18.5 Å². The molecule has 0 saturated carbocycles. The summed E-state index contributed by atoms with van der Waals surface area (Å²) in [7, 11) is 0. The van der Waals surface area contributed by atoms with E-state index in [-0.39, 0.29) is 0 Å². The lowest BCUT2D eigenvalue weighted by Crippen LogP contribution is -2.44. The Hall–Kier alpha value is -0.580. The van der Waals surface area contributed by atoms with Crippen molar-refractivity contribution in [2.24, 2.45) is 0 Å². The van der Waals surface area contributed by atoms with Crippen molar-refractivity contribution in [1.29, 1.82) is 0 Å². The van der Waals surface area contributed by atoms with Gasteiger partial charge in [0.25, 0.3) is 0 Å². The van der Waals surface area contributed by atoms with Gasteiger partial charge in [0.05, 0.1) is 12.2 Å². The Labute approximate surface area is 117 Å². The van der Waals surface area contributed by atoms with E-state index in [4.69, 9.17) is 4.74 Å². The molecule has 1 aromatic carbocycles. The number of ether oxygens (including phenoxy) is 1. The van der Waals surface area contributed by atoms with Gasteiger partial charge in [0.15, 0.2) is 0 Å². The predicted molar refractivity (Wildman–Crippen MR) is 77.0 cm³/mol. The number of fused-ring (bicyclic) bond motifs is 2. The van der Waals surface area contributed by atoms with E-state index in [0.717, 1.165) is 30.7 Å². The van der Waals surface area contributed by atoms with Gasteiger partial charge in [-0.25, -0.2) is 0 Å². The average molecular weight is 311 g/mol. The summed E-state index contributed by atoms with van der Waals surface area (Å²) < 4.78 is 6.96. The number of nitrogens with zero attached hydrogens (tertiary/aromatic N) is 1. The molecule has 4 heteroatoms. The Morgan fingerprint density at radius 3 is 2.78 bits per heavy atom. The zero-order chi connectivity index (χ0) is 12.4. The van der Waals surface area contributed by atoms with Crippen LogP contribution >= 0.6 is 15.9 Å². The molecule has 0 radical (unpaired) electrons. The molecular weight excluding hydrogens is 292 g/mol. The van der Waals surface area contributed by atoms with Gasteiger partial charge in [-0.2, -0.15) is 0 Å². The summed E-state index contributed by atoms with van der Waals surface area (Å²) in [6, 6.07) is 8.32. The average Bonchev–Trinajstić information content (AvgIpc) is 2.69. The lowest BCUT2D eigenvalue weighted by atomic mass is 10.2. The molecule has 2 unspecified atom stereocenters. The summed E-state index contributed by atoms with van der Waals surface area (Å²) in [5, 5.41) is 3.47. The second kappa shape index (κ2) is 5.59. The van der Waals surface area contributed by atoms with Crippen LogP contribution < -0.4 is 5.32 Å². The molecule has 3 nitrogen and oxygen atoms in total. The first-order valence-electron chi connectivity index (χ1n) is 6.67. The molecule has 0 aromatic heterocycles. The Morgan fingerprint density at radius 1 is 1.28 bits per heavy atom. The van der Waals surface area contributed by atoms with E-state index in [1.54, 1.807) is 0 Å². The maximum absolute atomic E-state index is 5.84. The largest absolute Gasteiger partial charge is 0.384 e. The predicted octanol–water partition coefficient (Wildman–Crippen LogP) is 2.72. The molecule has 0 aliphatic carbocycles. The number of morpholine rings is 1. The molecule has 2 bridgehead atoms. The quantitative estimate of drug-likeness (QED) is 0.925. The first kappa shape index (κ1) is 12.5. The summed E-state index contributed by atoms with van der Waals surface area (Å²) in [5.74, 6) is 0. The topological polar surface area (TPSA) is 24.5 Å². The molecule has 0 spiro atoms. The molecule has 1 N–H and O–H groups in total. The van der Waals surface area contributed by atoms with Crippen molar-refractivity contribution in [3.8, 4) is 0 Å². The van der Waals surface area contributed by atoms with Crippen molar-refractivity contribution in [2.45, 2.75) is 25.0 Å².